The smallest absolute Gasteiger partial charge is 0.191 e. The number of rotatable bonds is 6. The highest BCUT2D eigenvalue weighted by Gasteiger charge is 2.30. The summed E-state index contributed by atoms with van der Waals surface area (Å²) in [6.45, 7) is 6.04. The predicted molar refractivity (Wildman–Crippen MR) is 108 cm³/mol. The summed E-state index contributed by atoms with van der Waals surface area (Å²) in [7, 11) is 0. The van der Waals surface area contributed by atoms with Crippen LogP contribution < -0.4 is 10.6 Å². The van der Waals surface area contributed by atoms with E-state index < -0.39 is 0 Å². The van der Waals surface area contributed by atoms with Gasteiger partial charge in [-0.05, 0) is 38.3 Å². The molecule has 1 saturated carbocycles. The van der Waals surface area contributed by atoms with Crippen LogP contribution in [0, 0.1) is 0 Å². The van der Waals surface area contributed by atoms with Gasteiger partial charge in [-0.25, -0.2) is 0 Å². The van der Waals surface area contributed by atoms with Gasteiger partial charge < -0.3 is 10.6 Å². The van der Waals surface area contributed by atoms with Crippen molar-refractivity contribution in [3.63, 3.8) is 0 Å². The van der Waals surface area contributed by atoms with E-state index in [2.05, 4.69) is 32.7 Å². The van der Waals surface area contributed by atoms with Crippen molar-refractivity contribution in [3.8, 4) is 0 Å². The SMILES string of the molecule is CCNC(=NCCc1nnc2ccccn12)NC1CCN(C2CCCC2)C1. The van der Waals surface area contributed by atoms with Gasteiger partial charge in [-0.15, -0.1) is 10.2 Å². The fourth-order valence-corrected chi connectivity index (χ4v) is 4.35. The molecule has 3 heterocycles. The van der Waals surface area contributed by atoms with E-state index in [1.165, 1.54) is 38.6 Å². The highest BCUT2D eigenvalue weighted by Crippen LogP contribution is 2.26. The second-order valence-corrected chi connectivity index (χ2v) is 7.62. The number of aromatic nitrogens is 3. The van der Waals surface area contributed by atoms with Gasteiger partial charge in [0, 0.05) is 50.9 Å². The van der Waals surface area contributed by atoms with Crippen molar-refractivity contribution in [1.29, 1.82) is 0 Å². The lowest BCUT2D eigenvalue weighted by atomic mass is 10.2. The maximum absolute atomic E-state index is 4.78. The number of aliphatic imine (C=N–C) groups is 1. The number of fused-ring (bicyclic) bond motifs is 1. The Kier molecular flexibility index (Phi) is 5.87. The Morgan fingerprint density at radius 2 is 2.11 bits per heavy atom. The first kappa shape index (κ1) is 18.2. The molecule has 27 heavy (non-hydrogen) atoms. The molecule has 0 spiro atoms. The lowest BCUT2D eigenvalue weighted by Gasteiger charge is -2.24. The molecule has 2 aromatic rings. The monoisotopic (exact) mass is 369 g/mol. The number of nitrogens with one attached hydrogen (secondary N) is 2. The summed E-state index contributed by atoms with van der Waals surface area (Å²) >= 11 is 0. The van der Waals surface area contributed by atoms with E-state index in [0.29, 0.717) is 12.6 Å². The highest BCUT2D eigenvalue weighted by molar-refractivity contribution is 5.80. The molecule has 2 N–H and O–H groups in total. The van der Waals surface area contributed by atoms with Crippen LogP contribution in [-0.2, 0) is 6.42 Å². The van der Waals surface area contributed by atoms with E-state index in [1.807, 2.05) is 28.8 Å². The van der Waals surface area contributed by atoms with Crippen LogP contribution in [0.2, 0.25) is 0 Å². The molecule has 4 rings (SSSR count). The average molecular weight is 370 g/mol. The van der Waals surface area contributed by atoms with Gasteiger partial charge in [0.1, 0.15) is 5.82 Å². The summed E-state index contributed by atoms with van der Waals surface area (Å²) in [4.78, 5) is 7.45. The Morgan fingerprint density at radius 1 is 1.22 bits per heavy atom. The Hall–Kier alpha value is -2.15. The molecule has 146 valence electrons. The van der Waals surface area contributed by atoms with Gasteiger partial charge in [0.25, 0.3) is 0 Å². The van der Waals surface area contributed by atoms with E-state index in [0.717, 1.165) is 43.0 Å². The maximum atomic E-state index is 4.78. The fourth-order valence-electron chi connectivity index (χ4n) is 4.35. The number of hydrogen-bond donors (Lipinski definition) is 2. The summed E-state index contributed by atoms with van der Waals surface area (Å²) in [6.07, 6.45) is 9.56. The van der Waals surface area contributed by atoms with Crippen molar-refractivity contribution in [3.05, 3.63) is 30.2 Å². The molecule has 2 aliphatic rings. The molecule has 1 saturated heterocycles. The zero-order valence-electron chi connectivity index (χ0n) is 16.3. The molecular weight excluding hydrogens is 338 g/mol. The lowest BCUT2D eigenvalue weighted by Crippen LogP contribution is -2.45. The van der Waals surface area contributed by atoms with E-state index in [1.54, 1.807) is 0 Å². The van der Waals surface area contributed by atoms with Gasteiger partial charge in [0.2, 0.25) is 0 Å². The van der Waals surface area contributed by atoms with Crippen LogP contribution in [0.1, 0.15) is 44.9 Å². The third-order valence-corrected chi connectivity index (χ3v) is 5.74. The van der Waals surface area contributed by atoms with Gasteiger partial charge >= 0.3 is 0 Å². The maximum Gasteiger partial charge on any atom is 0.191 e. The molecule has 2 fully saturated rings. The Labute approximate surface area is 161 Å². The molecule has 7 heteroatoms. The molecule has 0 aromatic carbocycles. The Morgan fingerprint density at radius 3 is 2.96 bits per heavy atom. The van der Waals surface area contributed by atoms with Gasteiger partial charge in [-0.1, -0.05) is 18.9 Å². The fraction of sp³-hybridized carbons (Fsp3) is 0.650. The topological polar surface area (TPSA) is 69.8 Å². The molecule has 1 atom stereocenters. The number of nitrogens with zero attached hydrogens (tertiary/aromatic N) is 5. The second kappa shape index (κ2) is 8.69. The molecule has 7 nitrogen and oxygen atoms in total. The first-order valence-electron chi connectivity index (χ1n) is 10.4. The Balaban J connectivity index is 1.32. The van der Waals surface area contributed by atoms with Gasteiger partial charge in [-0.2, -0.15) is 0 Å². The quantitative estimate of drug-likeness (QED) is 0.601. The third-order valence-electron chi connectivity index (χ3n) is 5.74. The minimum absolute atomic E-state index is 0.498. The van der Waals surface area contributed by atoms with Crippen molar-refractivity contribution in [2.75, 3.05) is 26.2 Å². The van der Waals surface area contributed by atoms with Crippen molar-refractivity contribution >= 4 is 11.6 Å². The van der Waals surface area contributed by atoms with Crippen LogP contribution in [0.25, 0.3) is 5.65 Å². The molecular formula is C20H31N7. The van der Waals surface area contributed by atoms with Crippen LogP contribution in [0.3, 0.4) is 0 Å². The first-order chi connectivity index (χ1) is 13.3. The number of hydrogen-bond acceptors (Lipinski definition) is 4. The van der Waals surface area contributed by atoms with E-state index in [-0.39, 0.29) is 0 Å². The normalized spacial score (nSPS) is 22.0. The van der Waals surface area contributed by atoms with Gasteiger partial charge in [-0.3, -0.25) is 14.3 Å². The van der Waals surface area contributed by atoms with E-state index >= 15 is 0 Å². The summed E-state index contributed by atoms with van der Waals surface area (Å²) in [5.74, 6) is 1.88. The zero-order valence-corrected chi connectivity index (χ0v) is 16.3. The number of likely N-dealkylation sites (tertiary alicyclic amines) is 1. The van der Waals surface area contributed by atoms with E-state index in [9.17, 15) is 0 Å². The van der Waals surface area contributed by atoms with Gasteiger partial charge in [0.15, 0.2) is 11.6 Å². The van der Waals surface area contributed by atoms with Crippen LogP contribution in [-0.4, -0.2) is 63.7 Å². The average Bonchev–Trinajstić information content (AvgIpc) is 3.43. The second-order valence-electron chi connectivity index (χ2n) is 7.62. The molecule has 1 aliphatic heterocycles. The molecule has 0 bridgehead atoms. The van der Waals surface area contributed by atoms with Crippen LogP contribution in [0.15, 0.2) is 29.4 Å². The first-order valence-corrected chi connectivity index (χ1v) is 10.4. The number of pyridine rings is 1. The van der Waals surface area contributed by atoms with Crippen molar-refractivity contribution in [2.24, 2.45) is 4.99 Å². The molecule has 1 aliphatic carbocycles. The summed E-state index contributed by atoms with van der Waals surface area (Å²) in [6, 6.07) is 7.28. The summed E-state index contributed by atoms with van der Waals surface area (Å²) < 4.78 is 2.03. The summed E-state index contributed by atoms with van der Waals surface area (Å²) in [5, 5.41) is 15.5. The van der Waals surface area contributed by atoms with E-state index in [4.69, 9.17) is 4.99 Å². The van der Waals surface area contributed by atoms with Crippen molar-refractivity contribution in [2.45, 2.75) is 57.5 Å². The summed E-state index contributed by atoms with van der Waals surface area (Å²) in [5.41, 5.74) is 0.888. The lowest BCUT2D eigenvalue weighted by molar-refractivity contribution is 0.242. The minimum Gasteiger partial charge on any atom is -0.357 e. The third kappa shape index (κ3) is 4.40. The standard InChI is InChI=1S/C20H31N7/c1-2-21-20(23-16-11-14-26(15-16)17-7-3-4-8-17)22-12-10-19-25-24-18-9-5-6-13-27(18)19/h5-6,9,13,16-17H,2-4,7-8,10-12,14-15H2,1H3,(H2,21,22,23). The van der Waals surface area contributed by atoms with Crippen LogP contribution >= 0.6 is 0 Å². The van der Waals surface area contributed by atoms with Crippen molar-refractivity contribution < 1.29 is 0 Å². The largest absolute Gasteiger partial charge is 0.357 e. The van der Waals surface area contributed by atoms with Crippen molar-refractivity contribution in [1.82, 2.24) is 30.1 Å². The van der Waals surface area contributed by atoms with Gasteiger partial charge in [0.05, 0.1) is 0 Å². The molecule has 2 aromatic heterocycles. The van der Waals surface area contributed by atoms with Crippen LogP contribution in [0.4, 0.5) is 0 Å². The zero-order chi connectivity index (χ0) is 18.5. The van der Waals surface area contributed by atoms with Crippen LogP contribution in [0.5, 0.6) is 0 Å². The molecule has 1 unspecified atom stereocenters. The Bertz CT molecular complexity index is 763. The number of guanidine groups is 1. The molecule has 0 amide bonds. The highest BCUT2D eigenvalue weighted by atomic mass is 15.3. The minimum atomic E-state index is 0.498. The molecule has 0 radical (unpaired) electrons. The predicted octanol–water partition coefficient (Wildman–Crippen LogP) is 1.84.